The van der Waals surface area contributed by atoms with Crippen molar-refractivity contribution in [2.75, 3.05) is 11.9 Å². The number of hydrogen-bond acceptors (Lipinski definition) is 5. The number of carbonyl (C=O) groups is 2. The van der Waals surface area contributed by atoms with E-state index in [0.29, 0.717) is 27.9 Å². The molecule has 0 radical (unpaired) electrons. The molecule has 0 saturated heterocycles. The summed E-state index contributed by atoms with van der Waals surface area (Å²) in [6.07, 6.45) is 0.0602. The average molecular weight is 393 g/mol. The Balaban J connectivity index is 1.65. The predicted octanol–water partition coefficient (Wildman–Crippen LogP) is 2.43. The van der Waals surface area contributed by atoms with Crippen molar-refractivity contribution < 1.29 is 13.9 Å². The summed E-state index contributed by atoms with van der Waals surface area (Å²) in [6.45, 7) is 0.0748. The Morgan fingerprint density at radius 3 is 2.62 bits per heavy atom. The maximum Gasteiger partial charge on any atom is 0.260 e. The smallest absolute Gasteiger partial charge is 0.260 e. The Bertz CT molecular complexity index is 869. The fourth-order valence-electron chi connectivity index (χ4n) is 2.37. The minimum Gasteiger partial charge on any atom is -0.385 e. The van der Waals surface area contributed by atoms with Crippen LogP contribution in [0.2, 0.25) is 5.02 Å². The number of rotatable bonds is 5. The Kier molecular flexibility index (Phi) is 5.60. The lowest BCUT2D eigenvalue weighted by atomic mass is 10.1. The van der Waals surface area contributed by atoms with Crippen LogP contribution in [0.3, 0.4) is 0 Å². The summed E-state index contributed by atoms with van der Waals surface area (Å²) in [5.41, 5.74) is 7.21. The Morgan fingerprint density at radius 1 is 1.19 bits per heavy atom. The van der Waals surface area contributed by atoms with Crippen molar-refractivity contribution in [3.63, 3.8) is 0 Å². The zero-order valence-corrected chi connectivity index (χ0v) is 14.9. The molecule has 0 saturated carbocycles. The van der Waals surface area contributed by atoms with Gasteiger partial charge in [-0.25, -0.2) is 0 Å². The largest absolute Gasteiger partial charge is 0.385 e. The van der Waals surface area contributed by atoms with Gasteiger partial charge in [-0.3, -0.25) is 25.4 Å². The number of benzene rings is 2. The van der Waals surface area contributed by atoms with Gasteiger partial charge in [-0.2, -0.15) is 0 Å². The van der Waals surface area contributed by atoms with E-state index < -0.39 is 0 Å². The van der Waals surface area contributed by atoms with Gasteiger partial charge in [0.15, 0.2) is 0 Å². The molecule has 0 fully saturated rings. The van der Waals surface area contributed by atoms with E-state index in [9.17, 15) is 9.59 Å². The molecule has 0 unspecified atom stereocenters. The lowest BCUT2D eigenvalue weighted by molar-refractivity contribution is -0.120. The standard InChI is InChI=1S/C17H14Cl2N4O3/c18-12-3-6-14(26-19)11(7-12)8-15(24)21-13-4-1-10(2-5-13)17-20-9-16(25)22-23-17/h1-7H,8-9H2,(H,20,23)(H,21,24)(H,22,25). The minimum atomic E-state index is -0.240. The van der Waals surface area contributed by atoms with Crippen LogP contribution in [0.1, 0.15) is 11.1 Å². The van der Waals surface area contributed by atoms with Gasteiger partial charge in [0, 0.05) is 21.8 Å². The first kappa shape index (κ1) is 18.0. The summed E-state index contributed by atoms with van der Waals surface area (Å²) in [6, 6.07) is 11.9. The first-order valence-corrected chi connectivity index (χ1v) is 8.30. The summed E-state index contributed by atoms with van der Waals surface area (Å²) in [5.74, 6) is 0.504. The average Bonchev–Trinajstić information content (AvgIpc) is 2.63. The van der Waals surface area contributed by atoms with E-state index >= 15 is 0 Å². The van der Waals surface area contributed by atoms with Crippen molar-refractivity contribution in [2.24, 2.45) is 4.99 Å². The van der Waals surface area contributed by atoms with Crippen molar-refractivity contribution >= 4 is 46.8 Å². The monoisotopic (exact) mass is 392 g/mol. The number of hydrazine groups is 1. The van der Waals surface area contributed by atoms with Gasteiger partial charge in [0.1, 0.15) is 30.0 Å². The van der Waals surface area contributed by atoms with E-state index in [-0.39, 0.29) is 24.8 Å². The molecule has 3 N–H and O–H groups in total. The molecule has 0 aromatic heterocycles. The highest BCUT2D eigenvalue weighted by Gasteiger charge is 2.13. The van der Waals surface area contributed by atoms with Crippen molar-refractivity contribution in [1.82, 2.24) is 10.9 Å². The predicted molar refractivity (Wildman–Crippen MR) is 99.4 cm³/mol. The number of amides is 2. The van der Waals surface area contributed by atoms with E-state index in [1.54, 1.807) is 42.5 Å². The molecule has 2 aromatic rings. The summed E-state index contributed by atoms with van der Waals surface area (Å²) >= 11 is 11.4. The van der Waals surface area contributed by atoms with Gasteiger partial charge in [-0.05, 0) is 42.5 Å². The highest BCUT2D eigenvalue weighted by atomic mass is 35.5. The van der Waals surface area contributed by atoms with Crippen LogP contribution in [0.5, 0.6) is 5.75 Å². The maximum atomic E-state index is 12.2. The first-order valence-electron chi connectivity index (χ1n) is 7.62. The van der Waals surface area contributed by atoms with Crippen LogP contribution < -0.4 is 20.5 Å². The SMILES string of the molecule is O=C1CN=C(c2ccc(NC(=O)Cc3cc(Cl)ccc3OCl)cc2)NN1. The topological polar surface area (TPSA) is 91.8 Å². The molecule has 1 aliphatic rings. The number of nitrogens with zero attached hydrogens (tertiary/aromatic N) is 1. The lowest BCUT2D eigenvalue weighted by Gasteiger charge is -2.15. The zero-order valence-electron chi connectivity index (χ0n) is 13.4. The fourth-order valence-corrected chi connectivity index (χ4v) is 2.72. The van der Waals surface area contributed by atoms with E-state index in [2.05, 4.69) is 21.2 Å². The van der Waals surface area contributed by atoms with Gasteiger partial charge >= 0.3 is 0 Å². The number of halogens is 2. The fraction of sp³-hybridized carbons (Fsp3) is 0.118. The molecule has 0 atom stereocenters. The highest BCUT2D eigenvalue weighted by Crippen LogP contribution is 2.24. The summed E-state index contributed by atoms with van der Waals surface area (Å²) in [4.78, 5) is 27.4. The van der Waals surface area contributed by atoms with Crippen LogP contribution in [0.25, 0.3) is 0 Å². The van der Waals surface area contributed by atoms with Crippen molar-refractivity contribution in [2.45, 2.75) is 6.42 Å². The Hall–Kier alpha value is -2.77. The number of carbonyl (C=O) groups excluding carboxylic acids is 2. The lowest BCUT2D eigenvalue weighted by Crippen LogP contribution is -2.47. The minimum absolute atomic E-state index is 0.0602. The van der Waals surface area contributed by atoms with E-state index in [0.717, 1.165) is 5.56 Å². The summed E-state index contributed by atoms with van der Waals surface area (Å²) in [5, 5.41) is 3.28. The number of aliphatic imine (C=N–C) groups is 1. The third kappa shape index (κ3) is 4.44. The van der Waals surface area contributed by atoms with Gasteiger partial charge in [0.2, 0.25) is 5.91 Å². The van der Waals surface area contributed by atoms with Crippen LogP contribution in [0, 0.1) is 0 Å². The number of anilines is 1. The van der Waals surface area contributed by atoms with E-state index in [4.69, 9.17) is 27.8 Å². The quantitative estimate of drug-likeness (QED) is 0.728. The van der Waals surface area contributed by atoms with E-state index in [1.807, 2.05) is 0 Å². The van der Waals surface area contributed by atoms with Crippen LogP contribution in [0.15, 0.2) is 47.5 Å². The van der Waals surface area contributed by atoms with Gasteiger partial charge in [-0.1, -0.05) is 11.6 Å². The molecule has 26 heavy (non-hydrogen) atoms. The van der Waals surface area contributed by atoms with Crippen molar-refractivity contribution in [1.29, 1.82) is 0 Å². The van der Waals surface area contributed by atoms with Gasteiger partial charge in [0.25, 0.3) is 5.91 Å². The molecule has 0 bridgehead atoms. The number of hydrogen-bond donors (Lipinski definition) is 3. The molecule has 1 aliphatic heterocycles. The zero-order chi connectivity index (χ0) is 18.5. The van der Waals surface area contributed by atoms with Gasteiger partial charge in [0.05, 0.1) is 6.42 Å². The maximum absolute atomic E-state index is 12.2. The van der Waals surface area contributed by atoms with Crippen molar-refractivity contribution in [3.05, 3.63) is 58.6 Å². The normalized spacial score (nSPS) is 13.3. The molecule has 2 amide bonds. The third-order valence-corrected chi connectivity index (χ3v) is 4.00. The molecule has 134 valence electrons. The number of nitrogens with one attached hydrogen (secondary N) is 3. The second kappa shape index (κ2) is 8.07. The van der Waals surface area contributed by atoms with Crippen LogP contribution in [-0.4, -0.2) is 24.2 Å². The molecule has 2 aromatic carbocycles. The van der Waals surface area contributed by atoms with Crippen LogP contribution in [-0.2, 0) is 16.0 Å². The Morgan fingerprint density at radius 2 is 1.96 bits per heavy atom. The Labute approximate surface area is 159 Å². The van der Waals surface area contributed by atoms with Gasteiger partial charge < -0.3 is 9.61 Å². The van der Waals surface area contributed by atoms with Crippen LogP contribution >= 0.6 is 23.5 Å². The summed E-state index contributed by atoms with van der Waals surface area (Å²) in [7, 11) is 0. The molecule has 0 spiro atoms. The molecular formula is C17H14Cl2N4O3. The number of amidine groups is 1. The first-order chi connectivity index (χ1) is 12.5. The molecule has 1 heterocycles. The summed E-state index contributed by atoms with van der Waals surface area (Å²) < 4.78 is 4.73. The third-order valence-electron chi connectivity index (χ3n) is 3.60. The second-order valence-corrected chi connectivity index (χ2v) is 6.06. The molecule has 9 heteroatoms. The second-order valence-electron chi connectivity index (χ2n) is 5.47. The van der Waals surface area contributed by atoms with Crippen LogP contribution in [0.4, 0.5) is 5.69 Å². The molecule has 7 nitrogen and oxygen atoms in total. The highest BCUT2D eigenvalue weighted by molar-refractivity contribution is 6.30. The molecule has 3 rings (SSSR count). The van der Waals surface area contributed by atoms with Crippen molar-refractivity contribution in [3.8, 4) is 5.75 Å². The molecular weight excluding hydrogens is 379 g/mol. The molecule has 0 aliphatic carbocycles. The van der Waals surface area contributed by atoms with E-state index in [1.165, 1.54) is 0 Å². The van der Waals surface area contributed by atoms with Gasteiger partial charge in [-0.15, -0.1) is 0 Å².